The van der Waals surface area contributed by atoms with Crippen LogP contribution in [0.15, 0.2) is 24.3 Å². The summed E-state index contributed by atoms with van der Waals surface area (Å²) in [6, 6.07) is 8.48. The molecule has 1 aliphatic heterocycles. The van der Waals surface area contributed by atoms with Crippen molar-refractivity contribution in [1.29, 1.82) is 5.41 Å². The summed E-state index contributed by atoms with van der Waals surface area (Å²) in [5, 5.41) is 7.66. The Morgan fingerprint density at radius 1 is 1.39 bits per heavy atom. The first-order valence-corrected chi connectivity index (χ1v) is 6.56. The summed E-state index contributed by atoms with van der Waals surface area (Å²) in [5.74, 6) is 0.149. The minimum atomic E-state index is 0.149. The second kappa shape index (κ2) is 5.40. The van der Waals surface area contributed by atoms with Gasteiger partial charge >= 0.3 is 0 Å². The van der Waals surface area contributed by atoms with Crippen LogP contribution in [-0.2, 0) is 0 Å². The van der Waals surface area contributed by atoms with Crippen molar-refractivity contribution in [3.8, 4) is 0 Å². The second-order valence-corrected chi connectivity index (χ2v) is 4.85. The Morgan fingerprint density at radius 2 is 2.11 bits per heavy atom. The van der Waals surface area contributed by atoms with Gasteiger partial charge in [-0.2, -0.15) is 0 Å². The molecule has 1 heterocycles. The van der Waals surface area contributed by atoms with Crippen molar-refractivity contribution in [2.75, 3.05) is 31.1 Å². The molecular formula is C14H22N4. The van der Waals surface area contributed by atoms with Gasteiger partial charge in [-0.25, -0.2) is 0 Å². The van der Waals surface area contributed by atoms with Crippen LogP contribution in [0.2, 0.25) is 0 Å². The predicted molar refractivity (Wildman–Crippen MR) is 76.4 cm³/mol. The molecule has 2 rings (SSSR count). The third-order valence-electron chi connectivity index (χ3n) is 3.71. The van der Waals surface area contributed by atoms with E-state index in [1.807, 2.05) is 18.2 Å². The molecule has 4 nitrogen and oxygen atoms in total. The van der Waals surface area contributed by atoms with E-state index in [1.54, 1.807) is 0 Å². The lowest BCUT2D eigenvalue weighted by Crippen LogP contribution is -2.52. The van der Waals surface area contributed by atoms with Gasteiger partial charge in [0.05, 0.1) is 0 Å². The summed E-state index contributed by atoms with van der Waals surface area (Å²) in [7, 11) is 0. The summed E-state index contributed by atoms with van der Waals surface area (Å²) in [6.45, 7) is 8.63. The number of nitrogens with two attached hydrogens (primary N) is 1. The Morgan fingerprint density at radius 3 is 2.72 bits per heavy atom. The van der Waals surface area contributed by atoms with E-state index in [0.717, 1.165) is 37.4 Å². The van der Waals surface area contributed by atoms with Crippen LogP contribution >= 0.6 is 0 Å². The van der Waals surface area contributed by atoms with Crippen LogP contribution in [0.1, 0.15) is 19.4 Å². The quantitative estimate of drug-likeness (QED) is 0.628. The summed E-state index contributed by atoms with van der Waals surface area (Å²) in [4.78, 5) is 4.82. The largest absolute Gasteiger partial charge is 0.384 e. The molecule has 98 valence electrons. The first-order valence-electron chi connectivity index (χ1n) is 6.56. The number of rotatable bonds is 3. The topological polar surface area (TPSA) is 56.4 Å². The SMILES string of the molecule is CCN1CCN(c2ccccc2C(=N)N)CC1C. The van der Waals surface area contributed by atoms with E-state index in [2.05, 4.69) is 29.7 Å². The highest BCUT2D eigenvalue weighted by atomic mass is 15.3. The Kier molecular flexibility index (Phi) is 3.87. The molecule has 1 aromatic carbocycles. The molecule has 0 saturated carbocycles. The number of nitrogen functional groups attached to an aromatic ring is 1. The van der Waals surface area contributed by atoms with Crippen LogP contribution in [-0.4, -0.2) is 43.0 Å². The lowest BCUT2D eigenvalue weighted by atomic mass is 10.1. The summed E-state index contributed by atoms with van der Waals surface area (Å²) >= 11 is 0. The highest BCUT2D eigenvalue weighted by molar-refractivity contribution is 6.00. The van der Waals surface area contributed by atoms with Gasteiger partial charge in [-0.15, -0.1) is 0 Å². The summed E-state index contributed by atoms with van der Waals surface area (Å²) in [5.41, 5.74) is 7.59. The summed E-state index contributed by atoms with van der Waals surface area (Å²) in [6.07, 6.45) is 0. The number of nitrogens with zero attached hydrogens (tertiary/aromatic N) is 2. The molecule has 1 unspecified atom stereocenters. The van der Waals surface area contributed by atoms with Gasteiger partial charge in [0.15, 0.2) is 0 Å². The van der Waals surface area contributed by atoms with Gasteiger partial charge in [0.25, 0.3) is 0 Å². The smallest absolute Gasteiger partial charge is 0.124 e. The highest BCUT2D eigenvalue weighted by Gasteiger charge is 2.23. The standard InChI is InChI=1S/C14H22N4/c1-3-17-8-9-18(10-11(17)2)13-7-5-4-6-12(13)14(15)16/h4-7,11H,3,8-10H2,1-2H3,(H3,15,16). The minimum Gasteiger partial charge on any atom is -0.384 e. The number of hydrogen-bond acceptors (Lipinski definition) is 3. The van der Waals surface area contributed by atoms with Crippen molar-refractivity contribution in [3.05, 3.63) is 29.8 Å². The minimum absolute atomic E-state index is 0.149. The molecule has 1 atom stereocenters. The number of anilines is 1. The zero-order chi connectivity index (χ0) is 13.1. The van der Waals surface area contributed by atoms with Gasteiger partial charge in [-0.05, 0) is 25.6 Å². The molecule has 3 N–H and O–H groups in total. The van der Waals surface area contributed by atoms with E-state index >= 15 is 0 Å². The van der Waals surface area contributed by atoms with Gasteiger partial charge in [0.2, 0.25) is 0 Å². The Bertz CT molecular complexity index is 430. The van der Waals surface area contributed by atoms with Crippen LogP contribution < -0.4 is 10.6 Å². The number of nitrogens with one attached hydrogen (secondary N) is 1. The summed E-state index contributed by atoms with van der Waals surface area (Å²) < 4.78 is 0. The zero-order valence-electron chi connectivity index (χ0n) is 11.2. The number of para-hydroxylation sites is 1. The van der Waals surface area contributed by atoms with Crippen molar-refractivity contribution >= 4 is 11.5 Å². The van der Waals surface area contributed by atoms with Crippen LogP contribution in [0.25, 0.3) is 0 Å². The lowest BCUT2D eigenvalue weighted by molar-refractivity contribution is 0.199. The first kappa shape index (κ1) is 12.9. The monoisotopic (exact) mass is 246 g/mol. The molecule has 0 bridgehead atoms. The normalized spacial score (nSPS) is 21.0. The fourth-order valence-corrected chi connectivity index (χ4v) is 2.66. The second-order valence-electron chi connectivity index (χ2n) is 4.85. The van der Waals surface area contributed by atoms with Crippen LogP contribution in [0.3, 0.4) is 0 Å². The Labute approximate surface area is 109 Å². The van der Waals surface area contributed by atoms with Crippen LogP contribution in [0.4, 0.5) is 5.69 Å². The van der Waals surface area contributed by atoms with E-state index in [-0.39, 0.29) is 5.84 Å². The molecule has 1 saturated heterocycles. The molecule has 1 fully saturated rings. The van der Waals surface area contributed by atoms with E-state index in [0.29, 0.717) is 6.04 Å². The third kappa shape index (κ3) is 2.48. The van der Waals surface area contributed by atoms with Gasteiger partial charge in [-0.3, -0.25) is 10.3 Å². The first-order chi connectivity index (χ1) is 8.63. The van der Waals surface area contributed by atoms with Crippen molar-refractivity contribution in [3.63, 3.8) is 0 Å². The molecule has 1 aliphatic rings. The highest BCUT2D eigenvalue weighted by Crippen LogP contribution is 2.23. The van der Waals surface area contributed by atoms with Gasteiger partial charge in [0, 0.05) is 36.9 Å². The average Bonchev–Trinajstić information content (AvgIpc) is 2.38. The number of amidine groups is 1. The Hall–Kier alpha value is -1.55. The number of piperazine rings is 1. The zero-order valence-corrected chi connectivity index (χ0v) is 11.2. The maximum atomic E-state index is 7.66. The van der Waals surface area contributed by atoms with Gasteiger partial charge < -0.3 is 10.6 Å². The van der Waals surface area contributed by atoms with Crippen molar-refractivity contribution in [2.45, 2.75) is 19.9 Å². The third-order valence-corrected chi connectivity index (χ3v) is 3.71. The van der Waals surface area contributed by atoms with Crippen LogP contribution in [0.5, 0.6) is 0 Å². The number of hydrogen-bond donors (Lipinski definition) is 2. The molecule has 0 amide bonds. The van der Waals surface area contributed by atoms with Gasteiger partial charge in [0.1, 0.15) is 5.84 Å². The van der Waals surface area contributed by atoms with E-state index in [9.17, 15) is 0 Å². The van der Waals surface area contributed by atoms with E-state index < -0.39 is 0 Å². The van der Waals surface area contributed by atoms with E-state index in [1.165, 1.54) is 0 Å². The van der Waals surface area contributed by atoms with Crippen molar-refractivity contribution in [2.24, 2.45) is 5.73 Å². The molecule has 0 aliphatic carbocycles. The van der Waals surface area contributed by atoms with Gasteiger partial charge in [-0.1, -0.05) is 19.1 Å². The maximum Gasteiger partial charge on any atom is 0.124 e. The Balaban J connectivity index is 2.20. The van der Waals surface area contributed by atoms with Crippen LogP contribution in [0, 0.1) is 5.41 Å². The van der Waals surface area contributed by atoms with Crippen molar-refractivity contribution < 1.29 is 0 Å². The van der Waals surface area contributed by atoms with E-state index in [4.69, 9.17) is 11.1 Å². The number of likely N-dealkylation sites (N-methyl/N-ethyl adjacent to an activating group) is 1. The maximum absolute atomic E-state index is 7.66. The molecule has 0 aromatic heterocycles. The molecule has 18 heavy (non-hydrogen) atoms. The molecule has 1 aromatic rings. The molecule has 4 heteroatoms. The van der Waals surface area contributed by atoms with Crippen molar-refractivity contribution in [1.82, 2.24) is 4.90 Å². The molecule has 0 radical (unpaired) electrons. The molecular weight excluding hydrogens is 224 g/mol. The fourth-order valence-electron chi connectivity index (χ4n) is 2.66. The fraction of sp³-hybridized carbons (Fsp3) is 0.500. The predicted octanol–water partition coefficient (Wildman–Crippen LogP) is 1.50. The number of benzene rings is 1. The lowest BCUT2D eigenvalue weighted by Gasteiger charge is -2.41. The average molecular weight is 246 g/mol. The molecule has 0 spiro atoms.